The van der Waals surface area contributed by atoms with Gasteiger partial charge in [0.25, 0.3) is 0 Å². The van der Waals surface area contributed by atoms with Gasteiger partial charge in [0.05, 0.1) is 4.88 Å². The molecule has 0 bridgehead atoms. The lowest BCUT2D eigenvalue weighted by atomic mass is 9.83. The monoisotopic (exact) mass is 358 g/mol. The van der Waals surface area contributed by atoms with E-state index in [0.717, 1.165) is 29.1 Å². The Morgan fingerprint density at radius 2 is 2.00 bits per heavy atom. The largest absolute Gasteiger partial charge is 0.507 e. The van der Waals surface area contributed by atoms with Crippen LogP contribution in [0.3, 0.4) is 0 Å². The molecule has 2 heterocycles. The minimum Gasteiger partial charge on any atom is -0.507 e. The van der Waals surface area contributed by atoms with E-state index < -0.39 is 0 Å². The number of phenolic OH excluding ortho intramolecular Hbond substituents is 1. The fraction of sp³-hybridized carbons (Fsp3) is 0.450. The zero-order valence-electron chi connectivity index (χ0n) is 15.1. The van der Waals surface area contributed by atoms with Crippen LogP contribution in [0.25, 0.3) is 0 Å². The van der Waals surface area contributed by atoms with Crippen LogP contribution in [0.5, 0.6) is 5.75 Å². The first kappa shape index (κ1) is 18.1. The molecule has 0 amide bonds. The second-order valence-corrected chi connectivity index (χ2v) is 8.56. The maximum Gasteiger partial charge on any atom is 0.202 e. The Morgan fingerprint density at radius 1 is 1.28 bits per heavy atom. The number of hydrazine groups is 1. The molecule has 1 aliphatic rings. The van der Waals surface area contributed by atoms with Crippen molar-refractivity contribution >= 4 is 17.1 Å². The average Bonchev–Trinajstić information content (AvgIpc) is 3.25. The molecule has 5 heteroatoms. The van der Waals surface area contributed by atoms with Gasteiger partial charge in [-0.1, -0.05) is 26.8 Å². The Bertz CT molecular complexity index is 742. The molecule has 0 unspecified atom stereocenters. The van der Waals surface area contributed by atoms with Crippen LogP contribution in [0.1, 0.15) is 60.0 Å². The van der Waals surface area contributed by atoms with Gasteiger partial charge in [0, 0.05) is 36.3 Å². The van der Waals surface area contributed by atoms with E-state index in [2.05, 4.69) is 31.2 Å². The predicted octanol–water partition coefficient (Wildman–Crippen LogP) is 4.08. The molecule has 1 aromatic carbocycles. The van der Waals surface area contributed by atoms with Crippen LogP contribution < -0.4 is 5.43 Å². The molecule has 1 saturated heterocycles. The molecule has 0 atom stereocenters. The highest BCUT2D eigenvalue weighted by Gasteiger charge is 2.24. The molecule has 4 nitrogen and oxygen atoms in total. The fourth-order valence-corrected chi connectivity index (χ4v) is 3.84. The van der Waals surface area contributed by atoms with E-state index in [0.29, 0.717) is 17.9 Å². The molecular formula is C20H26N2O2S. The molecule has 2 aromatic rings. The molecule has 0 aliphatic carbocycles. The van der Waals surface area contributed by atoms with Gasteiger partial charge in [0.2, 0.25) is 5.78 Å². The van der Waals surface area contributed by atoms with Crippen molar-refractivity contribution in [2.75, 3.05) is 13.1 Å². The van der Waals surface area contributed by atoms with Gasteiger partial charge in [0.1, 0.15) is 5.75 Å². The molecule has 0 radical (unpaired) electrons. The van der Waals surface area contributed by atoms with Gasteiger partial charge in [-0.2, -0.15) is 0 Å². The minimum atomic E-state index is -0.238. The van der Waals surface area contributed by atoms with E-state index in [9.17, 15) is 9.90 Å². The van der Waals surface area contributed by atoms with Gasteiger partial charge in [-0.15, -0.1) is 11.3 Å². The van der Waals surface area contributed by atoms with Crippen molar-refractivity contribution in [1.29, 1.82) is 0 Å². The smallest absolute Gasteiger partial charge is 0.202 e. The Kier molecular flexibility index (Phi) is 5.27. The van der Waals surface area contributed by atoms with Crippen molar-refractivity contribution in [2.45, 2.75) is 45.6 Å². The summed E-state index contributed by atoms with van der Waals surface area (Å²) in [5.41, 5.74) is 5.38. The summed E-state index contributed by atoms with van der Waals surface area (Å²) in [7, 11) is 0. The second kappa shape index (κ2) is 7.28. The number of hydrogen-bond acceptors (Lipinski definition) is 5. The van der Waals surface area contributed by atoms with E-state index in [1.165, 1.54) is 24.2 Å². The summed E-state index contributed by atoms with van der Waals surface area (Å²) < 4.78 is 0. The predicted molar refractivity (Wildman–Crippen MR) is 102 cm³/mol. The van der Waals surface area contributed by atoms with E-state index in [1.54, 1.807) is 0 Å². The third-order valence-electron chi connectivity index (χ3n) is 4.60. The van der Waals surface area contributed by atoms with E-state index in [1.807, 2.05) is 29.6 Å². The second-order valence-electron chi connectivity index (χ2n) is 7.62. The highest BCUT2D eigenvalue weighted by molar-refractivity contribution is 7.12. The van der Waals surface area contributed by atoms with Crippen LogP contribution in [0.15, 0.2) is 29.6 Å². The van der Waals surface area contributed by atoms with E-state index in [-0.39, 0.29) is 11.2 Å². The van der Waals surface area contributed by atoms with E-state index >= 15 is 0 Å². The minimum absolute atomic E-state index is 0.0166. The maximum atomic E-state index is 12.8. The maximum absolute atomic E-state index is 12.8. The van der Waals surface area contributed by atoms with Gasteiger partial charge in [-0.05, 0) is 41.8 Å². The Morgan fingerprint density at radius 3 is 2.60 bits per heavy atom. The van der Waals surface area contributed by atoms with Crippen molar-refractivity contribution < 1.29 is 9.90 Å². The topological polar surface area (TPSA) is 52.6 Å². The van der Waals surface area contributed by atoms with Gasteiger partial charge >= 0.3 is 0 Å². The summed E-state index contributed by atoms with van der Waals surface area (Å²) in [5.74, 6) is 0.310. The summed E-state index contributed by atoms with van der Waals surface area (Å²) in [5, 5.41) is 14.9. The molecule has 134 valence electrons. The average molecular weight is 359 g/mol. The summed E-state index contributed by atoms with van der Waals surface area (Å²) in [6.45, 7) is 8.75. The number of rotatable bonds is 5. The van der Waals surface area contributed by atoms with E-state index in [4.69, 9.17) is 0 Å². The van der Waals surface area contributed by atoms with Crippen LogP contribution >= 0.6 is 11.3 Å². The summed E-state index contributed by atoms with van der Waals surface area (Å²) >= 11 is 1.45. The van der Waals surface area contributed by atoms with Gasteiger partial charge in [0.15, 0.2) is 0 Å². The third-order valence-corrected chi connectivity index (χ3v) is 5.47. The lowest BCUT2D eigenvalue weighted by Gasteiger charge is -2.24. The number of phenols is 1. The number of carbonyl (C=O) groups excluding carboxylic acids is 1. The van der Waals surface area contributed by atoms with Crippen molar-refractivity contribution in [2.24, 2.45) is 0 Å². The van der Waals surface area contributed by atoms with Crippen LogP contribution in [0.4, 0.5) is 0 Å². The number of aromatic hydroxyl groups is 1. The number of nitrogens with one attached hydrogen (secondary N) is 1. The van der Waals surface area contributed by atoms with Gasteiger partial charge in [-0.3, -0.25) is 10.2 Å². The number of nitrogens with zero attached hydrogens (tertiary/aromatic N) is 1. The normalized spacial score (nSPS) is 15.6. The lowest BCUT2D eigenvalue weighted by Crippen LogP contribution is -2.34. The summed E-state index contributed by atoms with van der Waals surface area (Å²) in [6.07, 6.45) is 2.40. The van der Waals surface area contributed by atoms with Gasteiger partial charge in [-0.25, -0.2) is 5.01 Å². The molecule has 3 rings (SSSR count). The molecule has 1 aliphatic heterocycles. The third kappa shape index (κ3) is 4.11. The van der Waals surface area contributed by atoms with Crippen LogP contribution in [0, 0.1) is 0 Å². The van der Waals surface area contributed by atoms with Crippen LogP contribution in [0.2, 0.25) is 0 Å². The SMILES string of the molecule is CC(C)(C)c1cc(C(=O)c2cccs2)cc(CNN2CCCC2)c1O. The van der Waals surface area contributed by atoms with Crippen LogP contribution in [-0.2, 0) is 12.0 Å². The first-order valence-corrected chi connectivity index (χ1v) is 9.67. The fourth-order valence-electron chi connectivity index (χ4n) is 3.15. The number of ketones is 1. The highest BCUT2D eigenvalue weighted by Crippen LogP contribution is 2.35. The number of benzene rings is 1. The number of hydrogen-bond donors (Lipinski definition) is 2. The lowest BCUT2D eigenvalue weighted by molar-refractivity contribution is 0.104. The Balaban J connectivity index is 1.94. The van der Waals surface area contributed by atoms with Crippen molar-refractivity contribution in [3.63, 3.8) is 0 Å². The molecule has 1 fully saturated rings. The number of thiophene rings is 1. The summed E-state index contributed by atoms with van der Waals surface area (Å²) in [4.78, 5) is 13.5. The van der Waals surface area contributed by atoms with Crippen molar-refractivity contribution in [3.05, 3.63) is 51.2 Å². The molecule has 0 saturated carbocycles. The quantitative estimate of drug-likeness (QED) is 0.791. The zero-order chi connectivity index (χ0) is 18.0. The van der Waals surface area contributed by atoms with Crippen molar-refractivity contribution in [3.8, 4) is 5.75 Å². The summed E-state index contributed by atoms with van der Waals surface area (Å²) in [6, 6.07) is 7.41. The first-order valence-electron chi connectivity index (χ1n) is 8.79. The van der Waals surface area contributed by atoms with Crippen molar-refractivity contribution in [1.82, 2.24) is 10.4 Å². The molecule has 2 N–H and O–H groups in total. The number of carbonyl (C=O) groups is 1. The molecular weight excluding hydrogens is 332 g/mol. The molecule has 0 spiro atoms. The van der Waals surface area contributed by atoms with Crippen LogP contribution in [-0.4, -0.2) is 29.0 Å². The first-order chi connectivity index (χ1) is 11.9. The Labute approximate surface area is 153 Å². The van der Waals surface area contributed by atoms with Gasteiger partial charge < -0.3 is 5.11 Å². The standard InChI is InChI=1S/C20H26N2O2S/c1-20(2,3)16-12-14(19(24)17-7-6-10-25-17)11-15(18(16)23)13-21-22-8-4-5-9-22/h6-7,10-12,21,23H,4-5,8-9,13H2,1-3H3. The highest BCUT2D eigenvalue weighted by atomic mass is 32.1. The Hall–Kier alpha value is -1.69. The molecule has 25 heavy (non-hydrogen) atoms. The zero-order valence-corrected chi connectivity index (χ0v) is 15.9. The molecule has 1 aromatic heterocycles.